The zero-order valence-electron chi connectivity index (χ0n) is 10.0. The molecule has 0 aromatic carbocycles. The molecule has 0 aliphatic rings. The molecule has 0 amide bonds. The summed E-state index contributed by atoms with van der Waals surface area (Å²) < 4.78 is 11.3. The summed E-state index contributed by atoms with van der Waals surface area (Å²) in [5, 5.41) is 1.56. The normalized spacial score (nSPS) is 13.8. The lowest BCUT2D eigenvalue weighted by Gasteiger charge is -2.38. The molecule has 0 atom stereocenters. The van der Waals surface area contributed by atoms with E-state index < -0.39 is 16.6 Å². The molecular formula is C9H23O2Si2. The van der Waals surface area contributed by atoms with Gasteiger partial charge in [0, 0.05) is 19.4 Å². The molecule has 2 nitrogen and oxygen atoms in total. The van der Waals surface area contributed by atoms with E-state index in [1.54, 1.807) is 5.16 Å². The summed E-state index contributed by atoms with van der Waals surface area (Å²) in [6.45, 7) is 11.2. The van der Waals surface area contributed by atoms with Crippen molar-refractivity contribution in [1.82, 2.24) is 0 Å². The highest BCUT2D eigenvalue weighted by Gasteiger charge is 2.44. The summed E-state index contributed by atoms with van der Waals surface area (Å²) in [5.41, 5.74) is 0. The Morgan fingerprint density at radius 2 is 1.23 bits per heavy atom. The van der Waals surface area contributed by atoms with Crippen LogP contribution in [0.4, 0.5) is 0 Å². The van der Waals surface area contributed by atoms with E-state index in [0.717, 1.165) is 6.42 Å². The highest BCUT2D eigenvalue weighted by atomic mass is 28.4. The monoisotopic (exact) mass is 219 g/mol. The van der Waals surface area contributed by atoms with Gasteiger partial charge in [0.1, 0.15) is 0 Å². The summed E-state index contributed by atoms with van der Waals surface area (Å²) in [7, 11) is 0.423. The lowest BCUT2D eigenvalue weighted by molar-refractivity contribution is 0.387. The summed E-state index contributed by atoms with van der Waals surface area (Å²) in [5.74, 6) is 0. The third-order valence-corrected chi connectivity index (χ3v) is 12.1. The first kappa shape index (κ1) is 13.4. The SMILES string of the molecule is CC[C]([Si](C)(C)OC)[Si](C)(C)OC. The van der Waals surface area contributed by atoms with Crippen molar-refractivity contribution in [3.05, 3.63) is 5.16 Å². The highest BCUT2D eigenvalue weighted by molar-refractivity contribution is 6.97. The number of hydrogen-bond acceptors (Lipinski definition) is 2. The third-order valence-electron chi connectivity index (χ3n) is 2.83. The largest absolute Gasteiger partial charge is 0.420 e. The van der Waals surface area contributed by atoms with Gasteiger partial charge in [0.2, 0.25) is 0 Å². The molecule has 1 radical (unpaired) electrons. The van der Waals surface area contributed by atoms with Crippen LogP contribution in [0.25, 0.3) is 0 Å². The Hall–Kier alpha value is 0.354. The molecule has 0 aromatic rings. The Morgan fingerprint density at radius 3 is 1.38 bits per heavy atom. The molecule has 0 rings (SSSR count). The average Bonchev–Trinajstić information content (AvgIpc) is 2.05. The molecule has 0 aromatic heterocycles. The van der Waals surface area contributed by atoms with Gasteiger partial charge in [0.05, 0.1) is 0 Å². The molecule has 79 valence electrons. The van der Waals surface area contributed by atoms with Crippen molar-refractivity contribution in [2.75, 3.05) is 14.2 Å². The fourth-order valence-electron chi connectivity index (χ4n) is 1.82. The van der Waals surface area contributed by atoms with Crippen LogP contribution in [0.2, 0.25) is 26.2 Å². The van der Waals surface area contributed by atoms with Gasteiger partial charge in [-0.15, -0.1) is 0 Å². The number of rotatable bonds is 5. The second kappa shape index (κ2) is 4.73. The van der Waals surface area contributed by atoms with Gasteiger partial charge in [-0.25, -0.2) is 0 Å². The van der Waals surface area contributed by atoms with Crippen molar-refractivity contribution in [2.45, 2.75) is 39.5 Å². The van der Waals surface area contributed by atoms with Gasteiger partial charge in [-0.05, 0) is 26.2 Å². The zero-order valence-corrected chi connectivity index (χ0v) is 12.0. The number of hydrogen-bond donors (Lipinski definition) is 0. The van der Waals surface area contributed by atoms with E-state index in [-0.39, 0.29) is 0 Å². The van der Waals surface area contributed by atoms with Crippen molar-refractivity contribution < 1.29 is 8.85 Å². The lowest BCUT2D eigenvalue weighted by Crippen LogP contribution is -2.52. The second-order valence-corrected chi connectivity index (χ2v) is 12.8. The van der Waals surface area contributed by atoms with Crippen LogP contribution in [0.5, 0.6) is 0 Å². The van der Waals surface area contributed by atoms with Crippen LogP contribution in [0.15, 0.2) is 0 Å². The van der Waals surface area contributed by atoms with Crippen molar-refractivity contribution in [3.8, 4) is 0 Å². The van der Waals surface area contributed by atoms with Crippen molar-refractivity contribution >= 4 is 16.6 Å². The minimum absolute atomic E-state index is 1.10. The standard InChI is InChI=1S/C9H23O2Si2/c1-8-9(12(4,5)10-2)13(6,7)11-3/h8H2,1-7H3. The molecule has 0 fully saturated rings. The first-order valence-electron chi connectivity index (χ1n) is 4.79. The molecule has 4 heteroatoms. The zero-order chi connectivity index (χ0) is 10.7. The van der Waals surface area contributed by atoms with Crippen molar-refractivity contribution in [2.24, 2.45) is 0 Å². The van der Waals surface area contributed by atoms with Crippen LogP contribution in [0.3, 0.4) is 0 Å². The van der Waals surface area contributed by atoms with E-state index in [1.807, 2.05) is 14.2 Å². The van der Waals surface area contributed by atoms with Gasteiger partial charge in [0.25, 0.3) is 0 Å². The Balaban J connectivity index is 4.69. The molecule has 0 heterocycles. The summed E-state index contributed by atoms with van der Waals surface area (Å²) in [6, 6.07) is 0. The van der Waals surface area contributed by atoms with Gasteiger partial charge in [-0.2, -0.15) is 0 Å². The van der Waals surface area contributed by atoms with E-state index >= 15 is 0 Å². The third kappa shape index (κ3) is 3.20. The second-order valence-electron chi connectivity index (χ2n) is 4.26. The Labute approximate surface area is 84.9 Å². The van der Waals surface area contributed by atoms with Gasteiger partial charge in [-0.1, -0.05) is 13.3 Å². The van der Waals surface area contributed by atoms with Crippen LogP contribution in [0, 0.1) is 5.16 Å². The average molecular weight is 219 g/mol. The molecule has 0 N–H and O–H groups in total. The smallest absolute Gasteiger partial charge is 0.192 e. The molecular weight excluding hydrogens is 196 g/mol. The van der Waals surface area contributed by atoms with E-state index in [9.17, 15) is 0 Å². The summed E-state index contributed by atoms with van der Waals surface area (Å²) in [4.78, 5) is 0. The highest BCUT2D eigenvalue weighted by Crippen LogP contribution is 2.31. The Morgan fingerprint density at radius 1 is 0.923 bits per heavy atom. The fourth-order valence-corrected chi connectivity index (χ4v) is 10.4. The van der Waals surface area contributed by atoms with Gasteiger partial charge in [-0.3, -0.25) is 0 Å². The first-order valence-corrected chi connectivity index (χ1v) is 10.6. The van der Waals surface area contributed by atoms with Crippen LogP contribution in [-0.4, -0.2) is 30.9 Å². The predicted molar refractivity (Wildman–Crippen MR) is 62.5 cm³/mol. The molecule has 0 aliphatic heterocycles. The van der Waals surface area contributed by atoms with Crippen molar-refractivity contribution in [3.63, 3.8) is 0 Å². The topological polar surface area (TPSA) is 18.5 Å². The van der Waals surface area contributed by atoms with Crippen LogP contribution >= 0.6 is 0 Å². The Kier molecular flexibility index (Phi) is 4.86. The molecule has 0 saturated heterocycles. The molecule has 0 bridgehead atoms. The maximum Gasteiger partial charge on any atom is 0.192 e. The van der Waals surface area contributed by atoms with Crippen LogP contribution < -0.4 is 0 Å². The summed E-state index contributed by atoms with van der Waals surface area (Å²) >= 11 is 0. The quantitative estimate of drug-likeness (QED) is 0.662. The van der Waals surface area contributed by atoms with Crippen LogP contribution in [-0.2, 0) is 8.85 Å². The van der Waals surface area contributed by atoms with Crippen LogP contribution in [0.1, 0.15) is 13.3 Å². The minimum Gasteiger partial charge on any atom is -0.420 e. The Bertz CT molecular complexity index is 142. The van der Waals surface area contributed by atoms with E-state index in [0.29, 0.717) is 0 Å². The molecule has 0 unspecified atom stereocenters. The lowest BCUT2D eigenvalue weighted by atomic mass is 10.6. The molecule has 0 spiro atoms. The van der Waals surface area contributed by atoms with Gasteiger partial charge in [0.15, 0.2) is 16.6 Å². The molecule has 0 saturated carbocycles. The van der Waals surface area contributed by atoms with Crippen molar-refractivity contribution in [1.29, 1.82) is 0 Å². The first-order chi connectivity index (χ1) is 5.81. The minimum atomic E-state index is -1.61. The van der Waals surface area contributed by atoms with Gasteiger partial charge >= 0.3 is 0 Å². The summed E-state index contributed by atoms with van der Waals surface area (Å²) in [6.07, 6.45) is 1.10. The fraction of sp³-hybridized carbons (Fsp3) is 0.889. The van der Waals surface area contributed by atoms with E-state index in [4.69, 9.17) is 8.85 Å². The van der Waals surface area contributed by atoms with E-state index in [2.05, 4.69) is 33.1 Å². The maximum absolute atomic E-state index is 5.64. The van der Waals surface area contributed by atoms with E-state index in [1.165, 1.54) is 0 Å². The maximum atomic E-state index is 5.64. The molecule has 13 heavy (non-hydrogen) atoms. The molecule has 0 aliphatic carbocycles. The predicted octanol–water partition coefficient (Wildman–Crippen LogP) is 2.75. The van der Waals surface area contributed by atoms with Gasteiger partial charge < -0.3 is 8.85 Å².